The molecule has 0 bridgehead atoms. The number of aromatic nitrogens is 1. The van der Waals surface area contributed by atoms with Crippen molar-refractivity contribution in [2.45, 2.75) is 6.10 Å². The van der Waals surface area contributed by atoms with Crippen LogP contribution in [0.3, 0.4) is 0 Å². The van der Waals surface area contributed by atoms with Gasteiger partial charge >= 0.3 is 0 Å². The van der Waals surface area contributed by atoms with Crippen LogP contribution in [-0.4, -0.2) is 10.1 Å². The molecule has 100 valence electrons. The van der Waals surface area contributed by atoms with Crippen LogP contribution in [0.25, 0.3) is 10.9 Å². The molecule has 0 radical (unpaired) electrons. The third-order valence-corrected chi connectivity index (χ3v) is 4.76. The number of hydrogen-bond acceptors (Lipinski definition) is 2. The average Bonchev–Trinajstić information content (AvgIpc) is 2.49. The van der Waals surface area contributed by atoms with Crippen LogP contribution in [0.1, 0.15) is 17.2 Å². The molecule has 3 aromatic rings. The molecule has 2 aromatic carbocycles. The lowest BCUT2D eigenvalue weighted by Crippen LogP contribution is -2.00. The van der Waals surface area contributed by atoms with Gasteiger partial charge in [-0.2, -0.15) is 0 Å². The van der Waals surface area contributed by atoms with E-state index in [4.69, 9.17) is 11.6 Å². The summed E-state index contributed by atoms with van der Waals surface area (Å²) in [6.07, 6.45) is 0.986. The van der Waals surface area contributed by atoms with Crippen LogP contribution in [0.2, 0.25) is 5.02 Å². The van der Waals surface area contributed by atoms with E-state index in [1.165, 1.54) is 0 Å². The number of aliphatic hydroxyl groups excluding tert-OH is 1. The van der Waals surface area contributed by atoms with E-state index in [1.54, 1.807) is 12.3 Å². The van der Waals surface area contributed by atoms with Gasteiger partial charge in [-0.25, -0.2) is 0 Å². The van der Waals surface area contributed by atoms with Gasteiger partial charge in [0, 0.05) is 20.7 Å². The zero-order chi connectivity index (χ0) is 14.1. The van der Waals surface area contributed by atoms with Crippen molar-refractivity contribution in [1.29, 1.82) is 0 Å². The largest absolute Gasteiger partial charge is 0.384 e. The van der Waals surface area contributed by atoms with Gasteiger partial charge in [0.25, 0.3) is 0 Å². The molecule has 1 heterocycles. The first-order valence-electron chi connectivity index (χ1n) is 6.13. The maximum absolute atomic E-state index is 10.5. The molecule has 0 saturated heterocycles. The van der Waals surface area contributed by atoms with Gasteiger partial charge in [-0.15, -0.1) is 0 Å². The van der Waals surface area contributed by atoms with Crippen molar-refractivity contribution < 1.29 is 5.11 Å². The molecule has 0 aliphatic heterocycles. The zero-order valence-electron chi connectivity index (χ0n) is 10.4. The van der Waals surface area contributed by atoms with Crippen molar-refractivity contribution >= 4 is 45.1 Å². The van der Waals surface area contributed by atoms with E-state index < -0.39 is 6.10 Å². The van der Waals surface area contributed by atoms with E-state index in [0.717, 1.165) is 25.6 Å². The second-order valence-electron chi connectivity index (χ2n) is 4.54. The number of para-hydroxylation sites is 1. The summed E-state index contributed by atoms with van der Waals surface area (Å²) >= 11 is 8.27. The number of pyridine rings is 1. The Bertz CT molecular complexity index is 775. The molecule has 0 spiro atoms. The second kappa shape index (κ2) is 5.68. The molecule has 1 atom stereocenters. The molecule has 0 amide bonds. The molecule has 0 fully saturated rings. The molecule has 1 N–H and O–H groups in total. The highest BCUT2D eigenvalue weighted by Gasteiger charge is 2.12. The molecule has 0 aliphatic carbocycles. The quantitative estimate of drug-likeness (QED) is 0.645. The summed E-state index contributed by atoms with van der Waals surface area (Å²) in [7, 11) is 0. The van der Waals surface area contributed by atoms with E-state index >= 15 is 0 Å². The molecule has 0 saturated carbocycles. The molecule has 4 heteroatoms. The lowest BCUT2D eigenvalue weighted by molar-refractivity contribution is 0.220. The predicted octanol–water partition coefficient (Wildman–Crippen LogP) is 4.57. The molecule has 2 nitrogen and oxygen atoms in total. The van der Waals surface area contributed by atoms with Crippen molar-refractivity contribution in [3.05, 3.63) is 74.4 Å². The minimum Gasteiger partial charge on any atom is -0.384 e. The van der Waals surface area contributed by atoms with Crippen LogP contribution < -0.4 is 0 Å². The van der Waals surface area contributed by atoms with Gasteiger partial charge in [-0.3, -0.25) is 4.98 Å². The molecule has 1 aromatic heterocycles. The Labute approximate surface area is 135 Å². The highest BCUT2D eigenvalue weighted by molar-refractivity contribution is 14.1. The normalized spacial score (nSPS) is 12.6. The standard InChI is InChI=1S/C16H11ClINO/c17-13-8-11(5-6-14(13)18)16(20)12-7-10-3-1-2-4-15(10)19-9-12/h1-9,16,20H. The van der Waals surface area contributed by atoms with E-state index in [9.17, 15) is 5.11 Å². The molecular formula is C16H11ClINO. The number of hydrogen-bond donors (Lipinski definition) is 1. The number of aliphatic hydroxyl groups is 1. The van der Waals surface area contributed by atoms with E-state index in [0.29, 0.717) is 5.02 Å². The molecular weight excluding hydrogens is 385 g/mol. The Balaban J connectivity index is 2.02. The summed E-state index contributed by atoms with van der Waals surface area (Å²) in [5.74, 6) is 0. The van der Waals surface area contributed by atoms with Gasteiger partial charge in [-0.1, -0.05) is 35.9 Å². The molecule has 3 rings (SSSR count). The van der Waals surface area contributed by atoms with Gasteiger partial charge < -0.3 is 5.11 Å². The Morgan fingerprint density at radius 1 is 1.05 bits per heavy atom. The first kappa shape index (κ1) is 13.8. The first-order chi connectivity index (χ1) is 9.65. The van der Waals surface area contributed by atoms with Crippen LogP contribution in [-0.2, 0) is 0 Å². The number of fused-ring (bicyclic) bond motifs is 1. The summed E-state index contributed by atoms with van der Waals surface area (Å²) in [5.41, 5.74) is 2.46. The smallest absolute Gasteiger partial charge is 0.106 e. The van der Waals surface area contributed by atoms with Crippen molar-refractivity contribution in [2.75, 3.05) is 0 Å². The maximum atomic E-state index is 10.5. The minimum atomic E-state index is -0.721. The fourth-order valence-electron chi connectivity index (χ4n) is 2.11. The SMILES string of the molecule is OC(c1ccc(I)c(Cl)c1)c1cnc2ccccc2c1. The van der Waals surface area contributed by atoms with Gasteiger partial charge in [0.1, 0.15) is 6.10 Å². The maximum Gasteiger partial charge on any atom is 0.106 e. The Hall–Kier alpha value is -1.17. The average molecular weight is 396 g/mol. The summed E-state index contributed by atoms with van der Waals surface area (Å²) < 4.78 is 0.969. The second-order valence-corrected chi connectivity index (χ2v) is 6.11. The fraction of sp³-hybridized carbons (Fsp3) is 0.0625. The minimum absolute atomic E-state index is 0.649. The van der Waals surface area contributed by atoms with Crippen molar-refractivity contribution in [3.63, 3.8) is 0 Å². The van der Waals surface area contributed by atoms with E-state index in [-0.39, 0.29) is 0 Å². The van der Waals surface area contributed by atoms with E-state index in [1.807, 2.05) is 42.5 Å². The van der Waals surface area contributed by atoms with Gasteiger partial charge in [0.2, 0.25) is 0 Å². The van der Waals surface area contributed by atoms with E-state index in [2.05, 4.69) is 27.6 Å². The van der Waals surface area contributed by atoms with Crippen molar-refractivity contribution in [3.8, 4) is 0 Å². The molecule has 1 unspecified atom stereocenters. The zero-order valence-corrected chi connectivity index (χ0v) is 13.3. The fourth-order valence-corrected chi connectivity index (χ4v) is 2.64. The summed E-state index contributed by atoms with van der Waals surface area (Å²) in [5, 5.41) is 12.1. The monoisotopic (exact) mass is 395 g/mol. The van der Waals surface area contributed by atoms with Gasteiger partial charge in [0.05, 0.1) is 10.5 Å². The highest BCUT2D eigenvalue weighted by Crippen LogP contribution is 2.28. The summed E-state index contributed by atoms with van der Waals surface area (Å²) in [6.45, 7) is 0. The lowest BCUT2D eigenvalue weighted by atomic mass is 10.0. The van der Waals surface area contributed by atoms with Crippen LogP contribution >= 0.6 is 34.2 Å². The van der Waals surface area contributed by atoms with Crippen molar-refractivity contribution in [1.82, 2.24) is 4.98 Å². The number of nitrogens with zero attached hydrogens (tertiary/aromatic N) is 1. The number of rotatable bonds is 2. The van der Waals surface area contributed by atoms with Gasteiger partial charge in [0.15, 0.2) is 0 Å². The number of benzene rings is 2. The molecule has 20 heavy (non-hydrogen) atoms. The molecule has 0 aliphatic rings. The summed E-state index contributed by atoms with van der Waals surface area (Å²) in [4.78, 5) is 4.37. The Morgan fingerprint density at radius 2 is 1.85 bits per heavy atom. The number of halogens is 2. The van der Waals surface area contributed by atoms with Gasteiger partial charge in [-0.05, 0) is 52.4 Å². The predicted molar refractivity (Wildman–Crippen MR) is 90.0 cm³/mol. The third kappa shape index (κ3) is 2.66. The van der Waals surface area contributed by atoms with Crippen LogP contribution in [0, 0.1) is 3.57 Å². The van der Waals surface area contributed by atoms with Crippen LogP contribution in [0.5, 0.6) is 0 Å². The van der Waals surface area contributed by atoms with Crippen LogP contribution in [0.15, 0.2) is 54.7 Å². The van der Waals surface area contributed by atoms with Crippen molar-refractivity contribution in [2.24, 2.45) is 0 Å². The highest BCUT2D eigenvalue weighted by atomic mass is 127. The lowest BCUT2D eigenvalue weighted by Gasteiger charge is -2.12. The summed E-state index contributed by atoms with van der Waals surface area (Å²) in [6, 6.07) is 15.4. The Morgan fingerprint density at radius 3 is 2.65 bits per heavy atom. The topological polar surface area (TPSA) is 33.1 Å². The Kier molecular flexibility index (Phi) is 3.92. The first-order valence-corrected chi connectivity index (χ1v) is 7.58. The third-order valence-electron chi connectivity index (χ3n) is 3.19. The van der Waals surface area contributed by atoms with Crippen LogP contribution in [0.4, 0.5) is 0 Å².